The Bertz CT molecular complexity index is 452. The molecule has 0 unspecified atom stereocenters. The van der Waals surface area contributed by atoms with E-state index in [2.05, 4.69) is 30.4 Å². The number of carbonyl (C=O) groups is 1. The molecule has 0 radical (unpaired) electrons. The summed E-state index contributed by atoms with van der Waals surface area (Å²) in [5.41, 5.74) is -0.258. The number of ether oxygens (including phenoxy) is 2. The average molecular weight is 334 g/mol. The Morgan fingerprint density at radius 2 is 2.12 bits per heavy atom. The summed E-state index contributed by atoms with van der Waals surface area (Å²) in [7, 11) is 1.11. The molecule has 0 fully saturated rings. The molecule has 17 heavy (non-hydrogen) atoms. The number of hydrogen-bond acceptors (Lipinski definition) is 4. The van der Waals surface area contributed by atoms with Gasteiger partial charge < -0.3 is 9.47 Å². The molecule has 4 nitrogen and oxygen atoms in total. The van der Waals surface area contributed by atoms with Crippen molar-refractivity contribution in [2.75, 3.05) is 7.11 Å². The number of nitrogens with zero attached hydrogens (tertiary/aromatic N) is 1. The lowest BCUT2D eigenvalue weighted by molar-refractivity contribution is -0.275. The highest BCUT2D eigenvalue weighted by atomic mass is 79.9. The molecular weight excluding hydrogens is 330 g/mol. The molecule has 0 bridgehead atoms. The maximum absolute atomic E-state index is 12.1. The normalized spacial score (nSPS) is 11.2. The van der Waals surface area contributed by atoms with Gasteiger partial charge in [-0.3, -0.25) is 4.79 Å². The van der Waals surface area contributed by atoms with Gasteiger partial charge in [0.2, 0.25) is 5.75 Å². The zero-order chi connectivity index (χ0) is 13.2. The van der Waals surface area contributed by atoms with Crippen molar-refractivity contribution in [2.24, 2.45) is 0 Å². The van der Waals surface area contributed by atoms with Gasteiger partial charge in [-0.1, -0.05) is 0 Å². The lowest BCUT2D eigenvalue weighted by Crippen LogP contribution is -2.18. The molecule has 1 aromatic heterocycles. The first kappa shape index (κ1) is 14.0. The fraction of sp³-hybridized carbons (Fsp3) is 0.250. The second-order valence-electron chi connectivity index (χ2n) is 2.65. The first-order valence-electron chi connectivity index (χ1n) is 3.94. The van der Waals surface area contributed by atoms with Gasteiger partial charge in [0.25, 0.3) is 11.1 Å². The van der Waals surface area contributed by atoms with E-state index in [1.54, 1.807) is 0 Å². The van der Waals surface area contributed by atoms with E-state index in [-0.39, 0.29) is 10.0 Å². The van der Waals surface area contributed by atoms with Gasteiger partial charge in [-0.2, -0.15) is 0 Å². The van der Waals surface area contributed by atoms with Gasteiger partial charge >= 0.3 is 6.36 Å². The second-order valence-corrected chi connectivity index (χ2v) is 3.78. The van der Waals surface area contributed by atoms with Crippen molar-refractivity contribution in [1.82, 2.24) is 4.98 Å². The van der Waals surface area contributed by atoms with Gasteiger partial charge in [0.05, 0.1) is 17.1 Å². The third kappa shape index (κ3) is 3.47. The quantitative estimate of drug-likeness (QED) is 0.797. The lowest BCUT2D eigenvalue weighted by atomic mass is 10.3. The fourth-order valence-electron chi connectivity index (χ4n) is 0.941. The number of methoxy groups -OCH3 is 1. The van der Waals surface area contributed by atoms with E-state index in [0.29, 0.717) is 0 Å². The van der Waals surface area contributed by atoms with Crippen LogP contribution in [0.25, 0.3) is 0 Å². The van der Waals surface area contributed by atoms with Gasteiger partial charge in [-0.05, 0) is 27.5 Å². The zero-order valence-corrected chi connectivity index (χ0v) is 10.5. The highest BCUT2D eigenvalue weighted by Crippen LogP contribution is 2.39. The van der Waals surface area contributed by atoms with Crippen molar-refractivity contribution in [3.8, 4) is 11.6 Å². The fourth-order valence-corrected chi connectivity index (χ4v) is 1.73. The van der Waals surface area contributed by atoms with Gasteiger partial charge in [0.15, 0.2) is 0 Å². The number of halogens is 5. The van der Waals surface area contributed by atoms with E-state index in [1.165, 1.54) is 0 Å². The predicted molar refractivity (Wildman–Crippen MR) is 55.4 cm³/mol. The molecule has 1 heterocycles. The summed E-state index contributed by atoms with van der Waals surface area (Å²) in [6, 6.07) is 0. The summed E-state index contributed by atoms with van der Waals surface area (Å²) in [5, 5.41) is -0.973. The van der Waals surface area contributed by atoms with Crippen LogP contribution >= 0.6 is 27.5 Å². The van der Waals surface area contributed by atoms with Crippen LogP contribution < -0.4 is 9.47 Å². The van der Waals surface area contributed by atoms with Crippen molar-refractivity contribution in [3.05, 3.63) is 16.2 Å². The van der Waals surface area contributed by atoms with Crippen molar-refractivity contribution >= 4 is 32.8 Å². The van der Waals surface area contributed by atoms with Crippen LogP contribution in [-0.4, -0.2) is 23.7 Å². The van der Waals surface area contributed by atoms with Gasteiger partial charge in [0, 0.05) is 6.20 Å². The number of carbonyl (C=O) groups excluding carboxylic acids is 1. The first-order chi connectivity index (χ1) is 7.76. The van der Waals surface area contributed by atoms with E-state index in [4.69, 9.17) is 11.6 Å². The van der Waals surface area contributed by atoms with Crippen LogP contribution in [-0.2, 0) is 0 Å². The Kier molecular flexibility index (Phi) is 4.21. The molecule has 0 aliphatic heterocycles. The lowest BCUT2D eigenvalue weighted by Gasteiger charge is -2.14. The first-order valence-corrected chi connectivity index (χ1v) is 5.11. The van der Waals surface area contributed by atoms with E-state index >= 15 is 0 Å². The summed E-state index contributed by atoms with van der Waals surface area (Å²) < 4.78 is 44.4. The Morgan fingerprint density at radius 1 is 1.53 bits per heavy atom. The van der Waals surface area contributed by atoms with Crippen LogP contribution in [0, 0.1) is 0 Å². The Hall–Kier alpha value is -1.02. The molecular formula is C8H4BrClF3NO3. The molecule has 0 aliphatic carbocycles. The number of pyridine rings is 1. The van der Waals surface area contributed by atoms with Crippen LogP contribution in [0.15, 0.2) is 10.7 Å². The third-order valence-electron chi connectivity index (χ3n) is 1.56. The number of aromatic nitrogens is 1. The van der Waals surface area contributed by atoms with E-state index in [0.717, 1.165) is 13.3 Å². The molecule has 9 heteroatoms. The van der Waals surface area contributed by atoms with E-state index in [1.807, 2.05) is 0 Å². The molecule has 0 aromatic carbocycles. The van der Waals surface area contributed by atoms with Crippen molar-refractivity contribution in [1.29, 1.82) is 0 Å². The molecule has 0 saturated carbocycles. The van der Waals surface area contributed by atoms with Crippen molar-refractivity contribution < 1.29 is 27.4 Å². The Labute approximate surface area is 107 Å². The molecule has 0 N–H and O–H groups in total. The molecule has 1 aromatic rings. The SMILES string of the molecule is COc1ncc(C(=O)Cl)c(Br)c1OC(F)(F)F. The van der Waals surface area contributed by atoms with E-state index in [9.17, 15) is 18.0 Å². The summed E-state index contributed by atoms with van der Waals surface area (Å²) in [5.74, 6) is -1.18. The minimum absolute atomic E-state index is 0.258. The molecule has 0 amide bonds. The Balaban J connectivity index is 3.32. The highest BCUT2D eigenvalue weighted by Gasteiger charge is 2.35. The summed E-state index contributed by atoms with van der Waals surface area (Å²) in [4.78, 5) is 14.4. The van der Waals surface area contributed by atoms with Gasteiger partial charge in [-0.15, -0.1) is 13.2 Å². The predicted octanol–water partition coefficient (Wildman–Crippen LogP) is 3.13. The molecule has 0 atom stereocenters. The molecule has 94 valence electrons. The monoisotopic (exact) mass is 333 g/mol. The van der Waals surface area contributed by atoms with Crippen LogP contribution in [0.4, 0.5) is 13.2 Å². The minimum atomic E-state index is -4.94. The van der Waals surface area contributed by atoms with Crippen LogP contribution in [0.2, 0.25) is 0 Å². The standard InChI is InChI=1S/C8H4BrClF3NO3/c1-16-7-5(17-8(11,12)13)4(9)3(2-14-7)6(10)15/h2H,1H3. The maximum atomic E-state index is 12.1. The summed E-state index contributed by atoms with van der Waals surface area (Å²) in [6.07, 6.45) is -3.97. The number of hydrogen-bond donors (Lipinski definition) is 0. The van der Waals surface area contributed by atoms with Gasteiger partial charge in [-0.25, -0.2) is 4.98 Å². The molecule has 0 saturated heterocycles. The van der Waals surface area contributed by atoms with Gasteiger partial charge in [0.1, 0.15) is 0 Å². The molecule has 1 rings (SSSR count). The highest BCUT2D eigenvalue weighted by molar-refractivity contribution is 9.10. The zero-order valence-electron chi connectivity index (χ0n) is 8.14. The second kappa shape index (κ2) is 5.09. The van der Waals surface area contributed by atoms with E-state index < -0.39 is 23.2 Å². The topological polar surface area (TPSA) is 48.4 Å². The largest absolute Gasteiger partial charge is 0.573 e. The van der Waals surface area contributed by atoms with Crippen LogP contribution in [0.5, 0.6) is 11.6 Å². The number of alkyl halides is 3. The summed E-state index contributed by atoms with van der Waals surface area (Å²) in [6.45, 7) is 0. The molecule has 0 aliphatic rings. The van der Waals surface area contributed by atoms with Crippen molar-refractivity contribution in [2.45, 2.75) is 6.36 Å². The average Bonchev–Trinajstić information content (AvgIpc) is 2.18. The van der Waals surface area contributed by atoms with Crippen molar-refractivity contribution in [3.63, 3.8) is 0 Å². The number of rotatable bonds is 3. The third-order valence-corrected chi connectivity index (χ3v) is 2.55. The smallest absolute Gasteiger partial charge is 0.478 e. The van der Waals surface area contributed by atoms with Crippen LogP contribution in [0.1, 0.15) is 10.4 Å². The molecule has 0 spiro atoms. The maximum Gasteiger partial charge on any atom is 0.573 e. The Morgan fingerprint density at radius 3 is 2.53 bits per heavy atom. The summed E-state index contributed by atoms with van der Waals surface area (Å²) >= 11 is 7.94. The van der Waals surface area contributed by atoms with Crippen LogP contribution in [0.3, 0.4) is 0 Å². The minimum Gasteiger partial charge on any atom is -0.478 e.